The van der Waals surface area contributed by atoms with Gasteiger partial charge in [0.25, 0.3) is 5.56 Å². The molecule has 0 radical (unpaired) electrons. The van der Waals surface area contributed by atoms with Gasteiger partial charge in [-0.25, -0.2) is 4.98 Å². The van der Waals surface area contributed by atoms with Crippen molar-refractivity contribution in [2.75, 3.05) is 19.7 Å². The number of nitrogens with zero attached hydrogens (tertiary/aromatic N) is 1. The monoisotopic (exact) mass is 287 g/mol. The molecule has 21 heavy (non-hydrogen) atoms. The molecule has 0 spiro atoms. The molecule has 0 bridgehead atoms. The van der Waals surface area contributed by atoms with Crippen LogP contribution in [0.15, 0.2) is 29.1 Å². The Balaban J connectivity index is 1.54. The molecule has 112 valence electrons. The van der Waals surface area contributed by atoms with Gasteiger partial charge in [-0.15, -0.1) is 0 Å². The smallest absolute Gasteiger partial charge is 0.258 e. The molecule has 0 saturated carbocycles. The van der Waals surface area contributed by atoms with Crippen molar-refractivity contribution in [1.29, 1.82) is 0 Å². The molecular formula is C16H21N3O2. The number of hydrogen-bond acceptors (Lipinski definition) is 4. The van der Waals surface area contributed by atoms with Crippen molar-refractivity contribution in [3.63, 3.8) is 0 Å². The number of piperidine rings is 1. The van der Waals surface area contributed by atoms with Crippen LogP contribution in [-0.4, -0.2) is 29.7 Å². The summed E-state index contributed by atoms with van der Waals surface area (Å²) in [6.07, 6.45) is 3.59. The van der Waals surface area contributed by atoms with E-state index in [1.165, 1.54) is 12.8 Å². The molecule has 2 N–H and O–H groups in total. The number of ether oxygens (including phenoxy) is 1. The third kappa shape index (κ3) is 3.68. The first kappa shape index (κ1) is 14.2. The van der Waals surface area contributed by atoms with E-state index in [4.69, 9.17) is 4.74 Å². The predicted molar refractivity (Wildman–Crippen MR) is 82.2 cm³/mol. The second-order valence-corrected chi connectivity index (χ2v) is 5.58. The first-order valence-electron chi connectivity index (χ1n) is 7.59. The Morgan fingerprint density at radius 1 is 1.33 bits per heavy atom. The minimum atomic E-state index is -0.101. The zero-order chi connectivity index (χ0) is 14.5. The average molecular weight is 287 g/mol. The first-order valence-corrected chi connectivity index (χ1v) is 7.59. The Hall–Kier alpha value is -1.72. The van der Waals surface area contributed by atoms with Crippen molar-refractivity contribution in [2.45, 2.75) is 25.9 Å². The van der Waals surface area contributed by atoms with Gasteiger partial charge in [0.1, 0.15) is 12.4 Å². The number of aromatic nitrogens is 2. The number of hydrogen-bond donors (Lipinski definition) is 2. The van der Waals surface area contributed by atoms with Crippen LogP contribution in [0.2, 0.25) is 0 Å². The lowest BCUT2D eigenvalue weighted by Crippen LogP contribution is -2.30. The lowest BCUT2D eigenvalue weighted by Gasteiger charge is -2.22. The van der Waals surface area contributed by atoms with Crippen LogP contribution in [0.1, 0.15) is 25.1 Å². The highest BCUT2D eigenvalue weighted by Crippen LogP contribution is 2.14. The van der Waals surface area contributed by atoms with E-state index in [9.17, 15) is 4.79 Å². The number of rotatable bonds is 5. The van der Waals surface area contributed by atoms with Crippen LogP contribution in [0.4, 0.5) is 0 Å². The van der Waals surface area contributed by atoms with Gasteiger partial charge in [0.05, 0.1) is 10.9 Å². The number of H-pyrrole nitrogens is 1. The zero-order valence-corrected chi connectivity index (χ0v) is 12.1. The molecule has 1 aromatic carbocycles. The van der Waals surface area contributed by atoms with Crippen LogP contribution in [0.3, 0.4) is 0 Å². The third-order valence-electron chi connectivity index (χ3n) is 3.97. The summed E-state index contributed by atoms with van der Waals surface area (Å²) in [5, 5.41) is 4.03. The van der Waals surface area contributed by atoms with Gasteiger partial charge in [0, 0.05) is 6.61 Å². The normalized spacial score (nSPS) is 19.0. The van der Waals surface area contributed by atoms with Crippen LogP contribution < -0.4 is 10.9 Å². The maximum absolute atomic E-state index is 11.9. The highest BCUT2D eigenvalue weighted by Gasteiger charge is 2.12. The fourth-order valence-electron chi connectivity index (χ4n) is 2.79. The summed E-state index contributed by atoms with van der Waals surface area (Å²) >= 11 is 0. The minimum Gasteiger partial charge on any atom is -0.374 e. The van der Waals surface area contributed by atoms with E-state index in [0.29, 0.717) is 30.3 Å². The number of para-hydroxylation sites is 1. The molecule has 0 aliphatic carbocycles. The number of benzene rings is 1. The summed E-state index contributed by atoms with van der Waals surface area (Å²) in [5.74, 6) is 1.31. The summed E-state index contributed by atoms with van der Waals surface area (Å²) in [7, 11) is 0. The molecule has 0 amide bonds. The van der Waals surface area contributed by atoms with Crippen molar-refractivity contribution in [2.24, 2.45) is 5.92 Å². The lowest BCUT2D eigenvalue weighted by atomic mass is 9.97. The summed E-state index contributed by atoms with van der Waals surface area (Å²) in [4.78, 5) is 19.1. The largest absolute Gasteiger partial charge is 0.374 e. The van der Waals surface area contributed by atoms with Gasteiger partial charge in [-0.05, 0) is 50.4 Å². The van der Waals surface area contributed by atoms with E-state index in [1.807, 2.05) is 18.2 Å². The molecule has 3 rings (SSSR count). The van der Waals surface area contributed by atoms with Crippen LogP contribution in [0, 0.1) is 5.92 Å². The topological polar surface area (TPSA) is 67.0 Å². The fourth-order valence-corrected chi connectivity index (χ4v) is 2.79. The number of aromatic amines is 1. The quantitative estimate of drug-likeness (QED) is 0.823. The van der Waals surface area contributed by atoms with Crippen molar-refractivity contribution in [1.82, 2.24) is 15.3 Å². The van der Waals surface area contributed by atoms with E-state index < -0.39 is 0 Å². The second-order valence-electron chi connectivity index (χ2n) is 5.58. The van der Waals surface area contributed by atoms with Gasteiger partial charge >= 0.3 is 0 Å². The Morgan fingerprint density at radius 3 is 3.10 bits per heavy atom. The maximum Gasteiger partial charge on any atom is 0.258 e. The Kier molecular flexibility index (Phi) is 4.62. The van der Waals surface area contributed by atoms with E-state index >= 15 is 0 Å². The molecule has 1 atom stereocenters. The van der Waals surface area contributed by atoms with Gasteiger partial charge < -0.3 is 15.0 Å². The summed E-state index contributed by atoms with van der Waals surface area (Å²) < 4.78 is 5.67. The molecule has 1 aromatic heterocycles. The van der Waals surface area contributed by atoms with E-state index in [1.54, 1.807) is 6.07 Å². The van der Waals surface area contributed by atoms with E-state index in [0.717, 1.165) is 25.0 Å². The van der Waals surface area contributed by atoms with Crippen LogP contribution >= 0.6 is 0 Å². The second kappa shape index (κ2) is 6.83. The van der Waals surface area contributed by atoms with Crippen LogP contribution in [0.5, 0.6) is 0 Å². The lowest BCUT2D eigenvalue weighted by molar-refractivity contribution is 0.0987. The Morgan fingerprint density at radius 2 is 2.24 bits per heavy atom. The van der Waals surface area contributed by atoms with Crippen molar-refractivity contribution < 1.29 is 4.74 Å². The molecular weight excluding hydrogens is 266 g/mol. The van der Waals surface area contributed by atoms with E-state index in [-0.39, 0.29) is 5.56 Å². The van der Waals surface area contributed by atoms with Crippen molar-refractivity contribution in [3.8, 4) is 0 Å². The Bertz CT molecular complexity index is 647. The predicted octanol–water partition coefficient (Wildman–Crippen LogP) is 1.83. The van der Waals surface area contributed by atoms with Gasteiger partial charge in [0.15, 0.2) is 0 Å². The van der Waals surface area contributed by atoms with Gasteiger partial charge in [-0.3, -0.25) is 4.79 Å². The zero-order valence-electron chi connectivity index (χ0n) is 12.1. The molecule has 2 aromatic rings. The van der Waals surface area contributed by atoms with Crippen LogP contribution in [-0.2, 0) is 11.3 Å². The summed E-state index contributed by atoms with van der Waals surface area (Å²) in [5.41, 5.74) is 0.618. The minimum absolute atomic E-state index is 0.101. The molecule has 5 heteroatoms. The number of nitrogens with one attached hydrogen (secondary N) is 2. The van der Waals surface area contributed by atoms with Crippen molar-refractivity contribution >= 4 is 10.9 Å². The molecule has 1 aliphatic heterocycles. The SMILES string of the molecule is O=c1[nH]c(COCCC2CCCNC2)nc2ccccc12. The molecule has 1 unspecified atom stereocenters. The molecule has 5 nitrogen and oxygen atoms in total. The Labute approximate surface area is 123 Å². The highest BCUT2D eigenvalue weighted by atomic mass is 16.5. The molecule has 1 saturated heterocycles. The summed E-state index contributed by atoms with van der Waals surface area (Å²) in [6.45, 7) is 3.30. The highest BCUT2D eigenvalue weighted by molar-refractivity contribution is 5.77. The third-order valence-corrected chi connectivity index (χ3v) is 3.97. The summed E-state index contributed by atoms with van der Waals surface area (Å²) in [6, 6.07) is 7.35. The van der Waals surface area contributed by atoms with Crippen molar-refractivity contribution in [3.05, 3.63) is 40.4 Å². The van der Waals surface area contributed by atoms with Gasteiger partial charge in [-0.1, -0.05) is 12.1 Å². The standard InChI is InChI=1S/C16H21N3O2/c20-16-13-5-1-2-6-14(13)18-15(19-16)11-21-9-7-12-4-3-8-17-10-12/h1-2,5-6,12,17H,3-4,7-11H2,(H,18,19,20). The molecule has 1 fully saturated rings. The maximum atomic E-state index is 11.9. The first-order chi connectivity index (χ1) is 10.3. The number of fused-ring (bicyclic) bond motifs is 1. The van der Waals surface area contributed by atoms with Crippen LogP contribution in [0.25, 0.3) is 10.9 Å². The van der Waals surface area contributed by atoms with E-state index in [2.05, 4.69) is 15.3 Å². The molecule has 2 heterocycles. The van der Waals surface area contributed by atoms with Gasteiger partial charge in [-0.2, -0.15) is 0 Å². The van der Waals surface area contributed by atoms with Gasteiger partial charge in [0.2, 0.25) is 0 Å². The fraction of sp³-hybridized carbons (Fsp3) is 0.500. The average Bonchev–Trinajstić information content (AvgIpc) is 2.53. The molecule has 1 aliphatic rings.